The van der Waals surface area contributed by atoms with Gasteiger partial charge in [-0.05, 0) is 77.0 Å². The SMILES string of the molecule is CCCCCCC/C=C\C/C=C\C/C=C\CCCCCCCCCCCCCCCCC(=O)OC(CO)COC(=O)CCCCCCCCCCCCCCCCC/C=C\CCCCCCCCCC. The first kappa shape index (κ1) is 67.9. The molecule has 70 heavy (non-hydrogen) atoms. The molecule has 0 heterocycles. The maximum absolute atomic E-state index is 12.3. The molecular weight excluding hydrogens is 861 g/mol. The number of carbonyl (C=O) groups is 2. The van der Waals surface area contributed by atoms with E-state index in [9.17, 15) is 14.7 Å². The van der Waals surface area contributed by atoms with Crippen LogP contribution >= 0.6 is 0 Å². The molecule has 5 nitrogen and oxygen atoms in total. The molecule has 0 saturated carbocycles. The van der Waals surface area contributed by atoms with Gasteiger partial charge in [0.1, 0.15) is 6.61 Å². The van der Waals surface area contributed by atoms with Gasteiger partial charge in [-0.25, -0.2) is 0 Å². The summed E-state index contributed by atoms with van der Waals surface area (Å²) < 4.78 is 10.7. The third-order valence-corrected chi connectivity index (χ3v) is 14.1. The Morgan fingerprint density at radius 2 is 0.571 bits per heavy atom. The zero-order valence-corrected chi connectivity index (χ0v) is 47.0. The van der Waals surface area contributed by atoms with Crippen LogP contribution in [0.25, 0.3) is 0 Å². The average Bonchev–Trinajstić information content (AvgIpc) is 3.36. The highest BCUT2D eigenvalue weighted by Crippen LogP contribution is 2.17. The van der Waals surface area contributed by atoms with Crippen molar-refractivity contribution in [1.29, 1.82) is 0 Å². The van der Waals surface area contributed by atoms with E-state index in [4.69, 9.17) is 9.47 Å². The van der Waals surface area contributed by atoms with Crippen molar-refractivity contribution >= 4 is 11.9 Å². The van der Waals surface area contributed by atoms with Gasteiger partial charge in [0.05, 0.1) is 6.61 Å². The van der Waals surface area contributed by atoms with E-state index in [-0.39, 0.29) is 25.2 Å². The van der Waals surface area contributed by atoms with Crippen molar-refractivity contribution in [2.75, 3.05) is 13.2 Å². The van der Waals surface area contributed by atoms with Crippen LogP contribution in [-0.4, -0.2) is 36.4 Å². The van der Waals surface area contributed by atoms with Crippen LogP contribution in [0, 0.1) is 0 Å². The van der Waals surface area contributed by atoms with E-state index < -0.39 is 6.10 Å². The number of aliphatic hydroxyl groups excluding tert-OH is 1. The Bertz CT molecular complexity index is 1150. The number of aliphatic hydroxyl groups is 1. The number of hydrogen-bond donors (Lipinski definition) is 1. The third kappa shape index (κ3) is 58.4. The number of hydrogen-bond acceptors (Lipinski definition) is 5. The van der Waals surface area contributed by atoms with E-state index in [1.807, 2.05) is 0 Å². The fourth-order valence-electron chi connectivity index (χ4n) is 9.38. The Hall–Kier alpha value is -2.14. The van der Waals surface area contributed by atoms with Gasteiger partial charge in [-0.3, -0.25) is 9.59 Å². The standard InChI is InChI=1S/C65H120O5/c1-3-5-7-9-11-13-15-17-19-21-23-25-27-29-31-32-34-36-38-40-42-44-46-48-50-52-54-56-58-60-65(68)70-63(61-66)62-69-64(67)59-57-55-53-51-49-47-45-43-41-39-37-35-33-30-28-26-24-22-20-18-16-14-12-10-8-6-4-2/h15,17,21-24,27,29,63,66H,3-14,16,18-20,25-26,28,30-62H2,1-2H3/b17-15-,23-21-,24-22-,29-27-. The van der Waals surface area contributed by atoms with Crippen molar-refractivity contribution in [1.82, 2.24) is 0 Å². The Kier molecular flexibility index (Phi) is 59.3. The van der Waals surface area contributed by atoms with Crippen LogP contribution in [0.4, 0.5) is 0 Å². The molecule has 0 amide bonds. The number of unbranched alkanes of at least 4 members (excludes halogenated alkanes) is 42. The smallest absolute Gasteiger partial charge is 0.306 e. The number of allylic oxidation sites excluding steroid dienone is 8. The van der Waals surface area contributed by atoms with E-state index in [0.29, 0.717) is 12.8 Å². The molecule has 0 aromatic carbocycles. The van der Waals surface area contributed by atoms with Crippen LogP contribution in [0.15, 0.2) is 48.6 Å². The summed E-state index contributed by atoms with van der Waals surface area (Å²) in [6.45, 7) is 4.17. The van der Waals surface area contributed by atoms with Crippen LogP contribution in [0.1, 0.15) is 335 Å². The minimum atomic E-state index is -0.773. The normalized spacial score (nSPS) is 12.4. The highest BCUT2D eigenvalue weighted by Gasteiger charge is 2.16. The zero-order valence-electron chi connectivity index (χ0n) is 47.0. The lowest BCUT2D eigenvalue weighted by atomic mass is 10.0. The second-order valence-corrected chi connectivity index (χ2v) is 21.1. The van der Waals surface area contributed by atoms with Gasteiger partial charge in [0.15, 0.2) is 6.10 Å². The van der Waals surface area contributed by atoms with E-state index in [2.05, 4.69) is 62.5 Å². The number of carbonyl (C=O) groups excluding carboxylic acids is 2. The second-order valence-electron chi connectivity index (χ2n) is 21.1. The molecule has 5 heteroatoms. The molecule has 0 aromatic heterocycles. The number of esters is 2. The second kappa shape index (κ2) is 61.2. The monoisotopic (exact) mass is 981 g/mol. The molecule has 1 unspecified atom stereocenters. The van der Waals surface area contributed by atoms with Crippen molar-refractivity contribution in [2.45, 2.75) is 341 Å². The molecule has 0 aliphatic carbocycles. The van der Waals surface area contributed by atoms with Gasteiger partial charge in [-0.15, -0.1) is 0 Å². The van der Waals surface area contributed by atoms with Gasteiger partial charge >= 0.3 is 11.9 Å². The molecule has 0 radical (unpaired) electrons. The lowest BCUT2D eigenvalue weighted by molar-refractivity contribution is -0.161. The molecule has 0 bridgehead atoms. The average molecular weight is 982 g/mol. The quantitative estimate of drug-likeness (QED) is 0.0373. The Balaban J connectivity index is 3.44. The first-order valence-corrected chi connectivity index (χ1v) is 31.2. The zero-order chi connectivity index (χ0) is 50.6. The summed E-state index contributed by atoms with van der Waals surface area (Å²) in [5.41, 5.74) is 0. The van der Waals surface area contributed by atoms with Gasteiger partial charge in [0, 0.05) is 12.8 Å². The molecule has 1 atom stereocenters. The summed E-state index contributed by atoms with van der Waals surface area (Å²) >= 11 is 0. The van der Waals surface area contributed by atoms with Crippen molar-refractivity contribution in [3.63, 3.8) is 0 Å². The molecule has 0 aliphatic heterocycles. The molecule has 0 rings (SSSR count). The van der Waals surface area contributed by atoms with E-state index in [0.717, 1.165) is 51.4 Å². The molecule has 0 aliphatic rings. The lowest BCUT2D eigenvalue weighted by Crippen LogP contribution is -2.28. The van der Waals surface area contributed by atoms with Gasteiger partial charge in [0.2, 0.25) is 0 Å². The lowest BCUT2D eigenvalue weighted by Gasteiger charge is -2.15. The van der Waals surface area contributed by atoms with Crippen molar-refractivity contribution in [3.05, 3.63) is 48.6 Å². The third-order valence-electron chi connectivity index (χ3n) is 14.1. The summed E-state index contributed by atoms with van der Waals surface area (Å²) in [6, 6.07) is 0. The van der Waals surface area contributed by atoms with Crippen molar-refractivity contribution in [2.24, 2.45) is 0 Å². The summed E-state index contributed by atoms with van der Waals surface area (Å²) in [5, 5.41) is 9.68. The minimum Gasteiger partial charge on any atom is -0.462 e. The van der Waals surface area contributed by atoms with E-state index in [1.54, 1.807) is 0 Å². The van der Waals surface area contributed by atoms with Gasteiger partial charge < -0.3 is 14.6 Å². The van der Waals surface area contributed by atoms with E-state index in [1.165, 1.54) is 257 Å². The first-order chi connectivity index (χ1) is 34.6. The fourth-order valence-corrected chi connectivity index (χ4v) is 9.38. The maximum atomic E-state index is 12.3. The molecular formula is C65H120O5. The summed E-state index contributed by atoms with van der Waals surface area (Å²) in [7, 11) is 0. The van der Waals surface area contributed by atoms with Crippen LogP contribution in [0.3, 0.4) is 0 Å². The molecule has 1 N–H and O–H groups in total. The predicted octanol–water partition coefficient (Wildman–Crippen LogP) is 21.2. The van der Waals surface area contributed by atoms with Gasteiger partial charge in [-0.1, -0.05) is 294 Å². The molecule has 0 saturated heterocycles. The van der Waals surface area contributed by atoms with Crippen molar-refractivity contribution < 1.29 is 24.2 Å². The van der Waals surface area contributed by atoms with Crippen LogP contribution in [-0.2, 0) is 19.1 Å². The largest absolute Gasteiger partial charge is 0.462 e. The highest BCUT2D eigenvalue weighted by molar-refractivity contribution is 5.70. The summed E-state index contributed by atoms with van der Waals surface area (Å²) in [5.74, 6) is -0.575. The van der Waals surface area contributed by atoms with Crippen LogP contribution in [0.5, 0.6) is 0 Å². The van der Waals surface area contributed by atoms with E-state index >= 15 is 0 Å². The predicted molar refractivity (Wildman–Crippen MR) is 307 cm³/mol. The maximum Gasteiger partial charge on any atom is 0.306 e. The summed E-state index contributed by atoms with van der Waals surface area (Å²) in [6.07, 6.45) is 81.1. The van der Waals surface area contributed by atoms with Crippen molar-refractivity contribution in [3.8, 4) is 0 Å². The van der Waals surface area contributed by atoms with Gasteiger partial charge in [-0.2, -0.15) is 0 Å². The molecule has 0 aromatic rings. The first-order valence-electron chi connectivity index (χ1n) is 31.2. The Morgan fingerprint density at radius 3 is 0.871 bits per heavy atom. The Labute approximate surface area is 437 Å². The number of rotatable bonds is 58. The number of ether oxygens (including phenoxy) is 2. The summed E-state index contributed by atoms with van der Waals surface area (Å²) in [4.78, 5) is 24.6. The molecule has 0 fully saturated rings. The molecule has 410 valence electrons. The Morgan fingerprint density at radius 1 is 0.329 bits per heavy atom. The molecule has 0 spiro atoms. The van der Waals surface area contributed by atoms with Crippen LogP contribution < -0.4 is 0 Å². The fraction of sp³-hybridized carbons (Fsp3) is 0.846. The minimum absolute atomic E-state index is 0.0627. The van der Waals surface area contributed by atoms with Gasteiger partial charge in [0.25, 0.3) is 0 Å². The van der Waals surface area contributed by atoms with Crippen LogP contribution in [0.2, 0.25) is 0 Å². The topological polar surface area (TPSA) is 72.8 Å². The highest BCUT2D eigenvalue weighted by atomic mass is 16.6.